The van der Waals surface area contributed by atoms with Gasteiger partial charge in [-0.25, -0.2) is 9.18 Å². The zero-order valence-corrected chi connectivity index (χ0v) is 26.5. The van der Waals surface area contributed by atoms with Crippen LogP contribution >= 0.6 is 0 Å². The molecule has 2 aromatic carbocycles. The van der Waals surface area contributed by atoms with Gasteiger partial charge in [0.1, 0.15) is 11.5 Å². The van der Waals surface area contributed by atoms with Crippen molar-refractivity contribution >= 4 is 16.9 Å². The molecule has 1 fully saturated rings. The number of nitrogens with two attached hydrogens (primary N) is 1. The van der Waals surface area contributed by atoms with Crippen molar-refractivity contribution in [2.75, 3.05) is 20.3 Å². The van der Waals surface area contributed by atoms with Gasteiger partial charge >= 0.3 is 11.9 Å². The first-order valence-corrected chi connectivity index (χ1v) is 15.8. The number of hydrogen-bond donors (Lipinski definition) is 5. The van der Waals surface area contributed by atoms with Crippen molar-refractivity contribution in [3.63, 3.8) is 0 Å². The molecule has 2 heterocycles. The summed E-state index contributed by atoms with van der Waals surface area (Å²) in [5, 5.41) is 14.7. The van der Waals surface area contributed by atoms with E-state index in [1.165, 1.54) is 36.7 Å². The van der Waals surface area contributed by atoms with Crippen molar-refractivity contribution in [2.45, 2.75) is 70.3 Å². The third-order valence-corrected chi connectivity index (χ3v) is 8.48. The number of aromatic amines is 1. The van der Waals surface area contributed by atoms with E-state index < -0.39 is 23.2 Å². The Morgan fingerprint density at radius 3 is 2.57 bits per heavy atom. The zero-order valence-electron chi connectivity index (χ0n) is 26.5. The van der Waals surface area contributed by atoms with E-state index in [9.17, 15) is 18.0 Å². The number of aryl methyl sites for hydroxylation is 1. The summed E-state index contributed by atoms with van der Waals surface area (Å²) in [5.74, 6) is -0.295. The third kappa shape index (κ3) is 8.85. The van der Waals surface area contributed by atoms with Crippen molar-refractivity contribution in [1.82, 2.24) is 25.2 Å². The molecule has 1 saturated carbocycles. The van der Waals surface area contributed by atoms with Gasteiger partial charge in [-0.05, 0) is 92.8 Å². The molecule has 0 amide bonds. The van der Waals surface area contributed by atoms with E-state index in [1.54, 1.807) is 13.1 Å². The SMILES string of the molecule is COC[C@H](N)CCCc1cc(-c2cc3cn(-c4ccc(CNC(CCNC(C)=N)C5CC5)cc4)c(=O)nc3[nH]2)c(F)c(C(F)(F)F)c1. The summed E-state index contributed by atoms with van der Waals surface area (Å²) in [5.41, 5.74) is 5.92. The number of hydrogen-bond acceptors (Lipinski definition) is 6. The quantitative estimate of drug-likeness (QED) is 0.0636. The second-order valence-corrected chi connectivity index (χ2v) is 12.3. The molecule has 0 radical (unpaired) electrons. The Kier molecular flexibility index (Phi) is 10.8. The lowest BCUT2D eigenvalue weighted by molar-refractivity contribution is -0.140. The van der Waals surface area contributed by atoms with Crippen molar-refractivity contribution in [2.24, 2.45) is 11.7 Å². The Hall–Kier alpha value is -4.07. The van der Waals surface area contributed by atoms with Crippen LogP contribution in [0.3, 0.4) is 0 Å². The molecule has 13 heteroatoms. The van der Waals surface area contributed by atoms with E-state index in [1.807, 2.05) is 24.3 Å². The maximum atomic E-state index is 15.3. The van der Waals surface area contributed by atoms with Gasteiger partial charge in [0.25, 0.3) is 0 Å². The molecule has 1 aliphatic carbocycles. The molecule has 5 rings (SSSR count). The Morgan fingerprint density at radius 2 is 1.91 bits per heavy atom. The second kappa shape index (κ2) is 14.8. The largest absolute Gasteiger partial charge is 0.419 e. The first-order valence-electron chi connectivity index (χ1n) is 15.8. The number of benzene rings is 2. The number of H-pyrrole nitrogens is 1. The highest BCUT2D eigenvalue weighted by Gasteiger charge is 2.36. The van der Waals surface area contributed by atoms with E-state index in [0.29, 0.717) is 60.4 Å². The smallest absolute Gasteiger partial charge is 0.383 e. The van der Waals surface area contributed by atoms with Gasteiger partial charge < -0.3 is 26.1 Å². The number of ether oxygens (including phenoxy) is 1. The highest BCUT2D eigenvalue weighted by atomic mass is 19.4. The number of methoxy groups -OCH3 is 1. The number of amidine groups is 1. The minimum Gasteiger partial charge on any atom is -0.383 e. The second-order valence-electron chi connectivity index (χ2n) is 12.3. The highest BCUT2D eigenvalue weighted by Crippen LogP contribution is 2.38. The summed E-state index contributed by atoms with van der Waals surface area (Å²) in [6.45, 7) is 3.46. The van der Waals surface area contributed by atoms with Gasteiger partial charge in [0.05, 0.1) is 29.4 Å². The number of rotatable bonds is 15. The standard InChI is InChI=1S/C34H41F4N7O2/c1-20(39)41-13-12-29(23-8-9-23)42-17-21-6-10-26(11-7-21)45-18-24-16-30(43-32(24)44-33(45)46)27-14-22(4-3-5-25(40)19-47-2)15-28(31(27)35)34(36,37)38/h6-7,10-11,14-16,18,23,25,29,42H,3-5,8-9,12-13,17,19,40H2,1-2H3,(H2,39,41)(H,43,44,46)/t25-,29?/m1/s1. The molecule has 2 atom stereocenters. The van der Waals surface area contributed by atoms with Crippen molar-refractivity contribution in [1.29, 1.82) is 5.41 Å². The van der Waals surface area contributed by atoms with Crippen LogP contribution in [0.5, 0.6) is 0 Å². The molecule has 4 aromatic rings. The fourth-order valence-electron chi connectivity index (χ4n) is 5.86. The Labute approximate surface area is 270 Å². The topological polar surface area (TPSA) is 134 Å². The summed E-state index contributed by atoms with van der Waals surface area (Å²) < 4.78 is 63.3. The number of aromatic nitrogens is 3. The monoisotopic (exact) mass is 655 g/mol. The van der Waals surface area contributed by atoms with Gasteiger partial charge in [-0.15, -0.1) is 0 Å². The summed E-state index contributed by atoms with van der Waals surface area (Å²) in [4.78, 5) is 19.9. The lowest BCUT2D eigenvalue weighted by atomic mass is 9.98. The van der Waals surface area contributed by atoms with E-state index in [-0.39, 0.29) is 29.4 Å². The average molecular weight is 656 g/mol. The van der Waals surface area contributed by atoms with Crippen molar-refractivity contribution in [3.05, 3.63) is 81.7 Å². The maximum absolute atomic E-state index is 15.3. The van der Waals surface area contributed by atoms with E-state index >= 15 is 4.39 Å². The average Bonchev–Trinajstić information content (AvgIpc) is 3.78. The van der Waals surface area contributed by atoms with Crippen molar-refractivity contribution < 1.29 is 22.3 Å². The number of alkyl halides is 3. The van der Waals surface area contributed by atoms with Gasteiger partial charge in [0.2, 0.25) is 0 Å². The summed E-state index contributed by atoms with van der Waals surface area (Å²) >= 11 is 0. The van der Waals surface area contributed by atoms with Gasteiger partial charge in [-0.3, -0.25) is 9.98 Å². The molecule has 1 aliphatic rings. The molecule has 47 heavy (non-hydrogen) atoms. The first kappa shape index (κ1) is 34.3. The van der Waals surface area contributed by atoms with E-state index in [0.717, 1.165) is 24.6 Å². The van der Waals surface area contributed by atoms with Crippen LogP contribution in [0.25, 0.3) is 28.0 Å². The fourth-order valence-corrected chi connectivity index (χ4v) is 5.86. The number of nitrogens with one attached hydrogen (secondary N) is 4. The number of nitrogens with zero attached hydrogens (tertiary/aromatic N) is 2. The summed E-state index contributed by atoms with van der Waals surface area (Å²) in [6, 6.07) is 11.3. The van der Waals surface area contributed by atoms with E-state index in [4.69, 9.17) is 15.9 Å². The number of halogens is 4. The van der Waals surface area contributed by atoms with Gasteiger partial charge in [-0.2, -0.15) is 18.2 Å². The van der Waals surface area contributed by atoms with Crippen LogP contribution in [-0.2, 0) is 23.9 Å². The Morgan fingerprint density at radius 1 is 1.17 bits per heavy atom. The molecule has 252 valence electrons. The minimum atomic E-state index is -4.89. The van der Waals surface area contributed by atoms with Gasteiger partial charge in [-0.1, -0.05) is 12.1 Å². The zero-order chi connectivity index (χ0) is 33.7. The van der Waals surface area contributed by atoms with Crippen LogP contribution in [0.2, 0.25) is 0 Å². The molecule has 0 bridgehead atoms. The molecule has 0 spiro atoms. The lowest BCUT2D eigenvalue weighted by Gasteiger charge is -2.19. The Bertz CT molecular complexity index is 1750. The molecule has 9 nitrogen and oxygen atoms in total. The lowest BCUT2D eigenvalue weighted by Crippen LogP contribution is -2.34. The molecule has 1 unspecified atom stereocenters. The molecular weight excluding hydrogens is 614 g/mol. The van der Waals surface area contributed by atoms with Crippen LogP contribution < -0.4 is 22.1 Å². The summed E-state index contributed by atoms with van der Waals surface area (Å²) in [6.07, 6.45) is 1.28. The first-order chi connectivity index (χ1) is 22.4. The maximum Gasteiger partial charge on any atom is 0.419 e. The molecule has 0 saturated heterocycles. The molecule has 6 N–H and O–H groups in total. The van der Waals surface area contributed by atoms with Gasteiger partial charge in [0.15, 0.2) is 0 Å². The van der Waals surface area contributed by atoms with Crippen LogP contribution in [0.4, 0.5) is 17.6 Å². The molecular formula is C34H41F4N7O2. The summed E-state index contributed by atoms with van der Waals surface area (Å²) in [7, 11) is 1.52. The number of fused-ring (bicyclic) bond motifs is 1. The van der Waals surface area contributed by atoms with Crippen molar-refractivity contribution in [3.8, 4) is 16.9 Å². The normalized spacial score (nSPS) is 14.8. The predicted octanol–water partition coefficient (Wildman–Crippen LogP) is 5.68. The minimum absolute atomic E-state index is 0.0863. The highest BCUT2D eigenvalue weighted by molar-refractivity contribution is 5.83. The third-order valence-electron chi connectivity index (χ3n) is 8.48. The molecule has 0 aliphatic heterocycles. The van der Waals surface area contributed by atoms with Crippen LogP contribution in [0, 0.1) is 17.1 Å². The van der Waals surface area contributed by atoms with Crippen LogP contribution in [0.1, 0.15) is 55.7 Å². The molecule has 2 aromatic heterocycles. The van der Waals surface area contributed by atoms with E-state index in [2.05, 4.69) is 20.6 Å². The van der Waals surface area contributed by atoms with Crippen LogP contribution in [0.15, 0.2) is 53.5 Å². The predicted molar refractivity (Wildman–Crippen MR) is 174 cm³/mol. The van der Waals surface area contributed by atoms with Crippen LogP contribution in [-0.4, -0.2) is 52.7 Å². The van der Waals surface area contributed by atoms with Gasteiger partial charge in [0, 0.05) is 49.4 Å². The Balaban J connectivity index is 1.35. The fraction of sp³-hybridized carbons (Fsp3) is 0.441.